The molecule has 6 heteroatoms. The average molecular weight is 300 g/mol. The molecule has 2 aliphatic heterocycles. The number of aromatic nitrogens is 3. The van der Waals surface area contributed by atoms with E-state index < -0.39 is 0 Å². The predicted octanol–water partition coefficient (Wildman–Crippen LogP) is 1.61. The highest BCUT2D eigenvalue weighted by Crippen LogP contribution is 2.30. The van der Waals surface area contributed by atoms with Crippen LogP contribution in [0.5, 0.6) is 0 Å². The smallest absolute Gasteiger partial charge is 0.181 e. The largest absolute Gasteiger partial charge is 0.346 e. The molecule has 2 aliphatic rings. The van der Waals surface area contributed by atoms with Crippen molar-refractivity contribution in [3.05, 3.63) is 42.5 Å². The second kappa shape index (κ2) is 5.79. The van der Waals surface area contributed by atoms with Gasteiger partial charge in [0.25, 0.3) is 0 Å². The summed E-state index contributed by atoms with van der Waals surface area (Å²) < 4.78 is 13.4. The Bertz CT molecular complexity index is 606. The van der Waals surface area contributed by atoms with Crippen molar-refractivity contribution in [1.82, 2.24) is 19.7 Å². The van der Waals surface area contributed by atoms with Crippen LogP contribution in [0.15, 0.2) is 36.9 Å². The van der Waals surface area contributed by atoms with Crippen molar-refractivity contribution < 1.29 is 9.47 Å². The third-order valence-electron chi connectivity index (χ3n) is 4.34. The van der Waals surface area contributed by atoms with Crippen molar-refractivity contribution in [2.45, 2.75) is 25.2 Å². The Hall–Kier alpha value is -1.76. The number of hydrogen-bond acceptors (Lipinski definition) is 5. The van der Waals surface area contributed by atoms with E-state index in [9.17, 15) is 0 Å². The van der Waals surface area contributed by atoms with Gasteiger partial charge in [0.05, 0.1) is 25.4 Å². The summed E-state index contributed by atoms with van der Waals surface area (Å²) in [5.74, 6) is -0.348. The molecule has 3 heterocycles. The summed E-state index contributed by atoms with van der Waals surface area (Å²) in [7, 11) is 0. The van der Waals surface area contributed by atoms with Crippen molar-refractivity contribution in [2.75, 3.05) is 26.3 Å². The van der Waals surface area contributed by atoms with E-state index in [4.69, 9.17) is 9.47 Å². The van der Waals surface area contributed by atoms with Gasteiger partial charge in [0.1, 0.15) is 12.7 Å². The first-order chi connectivity index (χ1) is 10.8. The Morgan fingerprint density at radius 3 is 2.68 bits per heavy atom. The van der Waals surface area contributed by atoms with Crippen LogP contribution in [0.2, 0.25) is 0 Å². The molecule has 0 unspecified atom stereocenters. The van der Waals surface area contributed by atoms with Gasteiger partial charge in [-0.1, -0.05) is 12.1 Å². The molecule has 0 aliphatic carbocycles. The van der Waals surface area contributed by atoms with Crippen LogP contribution in [0.1, 0.15) is 18.4 Å². The monoisotopic (exact) mass is 300 g/mol. The van der Waals surface area contributed by atoms with Crippen LogP contribution in [-0.2, 0) is 16.0 Å². The first-order valence-corrected chi connectivity index (χ1v) is 7.77. The minimum absolute atomic E-state index is 0.348. The maximum Gasteiger partial charge on any atom is 0.181 e. The highest BCUT2D eigenvalue weighted by atomic mass is 16.7. The molecule has 22 heavy (non-hydrogen) atoms. The molecule has 0 N–H and O–H groups in total. The molecule has 2 fully saturated rings. The minimum Gasteiger partial charge on any atom is -0.346 e. The van der Waals surface area contributed by atoms with E-state index in [0.29, 0.717) is 0 Å². The lowest BCUT2D eigenvalue weighted by atomic mass is 10.0. The zero-order chi connectivity index (χ0) is 14.8. The van der Waals surface area contributed by atoms with Gasteiger partial charge in [-0.2, -0.15) is 5.10 Å². The molecule has 4 rings (SSSR count). The standard InChI is InChI=1S/C16H20N4O2/c1-6-16(21-8-9-22-16)11-19(7-1)10-14-2-4-15(5-3-14)20-13-17-12-18-20/h2-5,12-13H,1,6-11H2. The molecule has 0 radical (unpaired) electrons. The number of ether oxygens (including phenoxy) is 2. The molecule has 2 saturated heterocycles. The summed E-state index contributed by atoms with van der Waals surface area (Å²) >= 11 is 0. The van der Waals surface area contributed by atoms with Gasteiger partial charge in [0.2, 0.25) is 0 Å². The molecule has 6 nitrogen and oxygen atoms in total. The van der Waals surface area contributed by atoms with E-state index in [1.165, 1.54) is 5.56 Å². The molecular formula is C16H20N4O2. The van der Waals surface area contributed by atoms with Crippen LogP contribution in [0.4, 0.5) is 0 Å². The number of nitrogens with zero attached hydrogens (tertiary/aromatic N) is 4. The fraction of sp³-hybridized carbons (Fsp3) is 0.500. The third kappa shape index (κ3) is 2.77. The Balaban J connectivity index is 1.42. The fourth-order valence-corrected chi connectivity index (χ4v) is 3.29. The Labute approximate surface area is 129 Å². The van der Waals surface area contributed by atoms with Crippen molar-refractivity contribution in [1.29, 1.82) is 0 Å². The molecule has 0 bridgehead atoms. The summed E-state index contributed by atoms with van der Waals surface area (Å²) in [6.45, 7) is 4.32. The van der Waals surface area contributed by atoms with Crippen molar-refractivity contribution >= 4 is 0 Å². The summed E-state index contributed by atoms with van der Waals surface area (Å²) in [6.07, 6.45) is 5.38. The number of hydrogen-bond donors (Lipinski definition) is 0. The van der Waals surface area contributed by atoms with E-state index >= 15 is 0 Å². The first kappa shape index (κ1) is 13.9. The predicted molar refractivity (Wildman–Crippen MR) is 80.5 cm³/mol. The molecule has 0 atom stereocenters. The van der Waals surface area contributed by atoms with E-state index in [1.807, 2.05) is 0 Å². The lowest BCUT2D eigenvalue weighted by molar-refractivity contribution is -0.190. The Morgan fingerprint density at radius 2 is 1.95 bits per heavy atom. The zero-order valence-corrected chi connectivity index (χ0v) is 12.5. The van der Waals surface area contributed by atoms with Gasteiger partial charge < -0.3 is 9.47 Å². The molecule has 1 spiro atoms. The molecule has 116 valence electrons. The van der Waals surface area contributed by atoms with Gasteiger partial charge in [-0.15, -0.1) is 0 Å². The molecule has 0 amide bonds. The Kier molecular flexibility index (Phi) is 3.65. The number of piperidine rings is 1. The van der Waals surface area contributed by atoms with E-state index in [2.05, 4.69) is 39.2 Å². The topological polar surface area (TPSA) is 52.4 Å². The lowest BCUT2D eigenvalue weighted by Gasteiger charge is -2.38. The molecular weight excluding hydrogens is 280 g/mol. The molecule has 1 aromatic carbocycles. The highest BCUT2D eigenvalue weighted by Gasteiger charge is 2.40. The number of benzene rings is 1. The summed E-state index contributed by atoms with van der Waals surface area (Å²) in [5, 5.41) is 4.14. The van der Waals surface area contributed by atoms with Crippen LogP contribution in [0.25, 0.3) is 5.69 Å². The Morgan fingerprint density at radius 1 is 1.14 bits per heavy atom. The normalized spacial score (nSPS) is 21.5. The van der Waals surface area contributed by atoms with Crippen LogP contribution in [-0.4, -0.2) is 51.8 Å². The van der Waals surface area contributed by atoms with Crippen LogP contribution >= 0.6 is 0 Å². The highest BCUT2D eigenvalue weighted by molar-refractivity contribution is 5.33. The summed E-state index contributed by atoms with van der Waals surface area (Å²) in [6, 6.07) is 8.45. The minimum atomic E-state index is -0.348. The van der Waals surface area contributed by atoms with Gasteiger partial charge in [-0.3, -0.25) is 4.90 Å². The SMILES string of the molecule is c1ncn(-c2ccc(CN3CCCC4(C3)OCCO4)cc2)n1. The zero-order valence-electron chi connectivity index (χ0n) is 12.5. The molecule has 1 aromatic heterocycles. The van der Waals surface area contributed by atoms with E-state index in [0.717, 1.165) is 51.4 Å². The number of rotatable bonds is 3. The van der Waals surface area contributed by atoms with Crippen LogP contribution < -0.4 is 0 Å². The van der Waals surface area contributed by atoms with E-state index in [-0.39, 0.29) is 5.79 Å². The van der Waals surface area contributed by atoms with Gasteiger partial charge in [-0.25, -0.2) is 9.67 Å². The van der Waals surface area contributed by atoms with Crippen LogP contribution in [0, 0.1) is 0 Å². The third-order valence-corrected chi connectivity index (χ3v) is 4.34. The van der Waals surface area contributed by atoms with Crippen LogP contribution in [0.3, 0.4) is 0 Å². The van der Waals surface area contributed by atoms with Crippen molar-refractivity contribution in [2.24, 2.45) is 0 Å². The first-order valence-electron chi connectivity index (χ1n) is 7.77. The van der Waals surface area contributed by atoms with Crippen molar-refractivity contribution in [3.63, 3.8) is 0 Å². The van der Waals surface area contributed by atoms with Gasteiger partial charge in [0.15, 0.2) is 5.79 Å². The maximum atomic E-state index is 5.83. The second-order valence-electron chi connectivity index (χ2n) is 5.93. The van der Waals surface area contributed by atoms with Gasteiger partial charge >= 0.3 is 0 Å². The quantitative estimate of drug-likeness (QED) is 0.862. The second-order valence-corrected chi connectivity index (χ2v) is 5.93. The number of likely N-dealkylation sites (tertiary alicyclic amines) is 1. The maximum absolute atomic E-state index is 5.83. The lowest BCUT2D eigenvalue weighted by Crippen LogP contribution is -2.48. The van der Waals surface area contributed by atoms with Gasteiger partial charge in [0, 0.05) is 13.0 Å². The molecule has 2 aromatic rings. The summed E-state index contributed by atoms with van der Waals surface area (Å²) in [5.41, 5.74) is 2.32. The fourth-order valence-electron chi connectivity index (χ4n) is 3.29. The van der Waals surface area contributed by atoms with Gasteiger partial charge in [-0.05, 0) is 30.7 Å². The van der Waals surface area contributed by atoms with Crippen molar-refractivity contribution in [3.8, 4) is 5.69 Å². The van der Waals surface area contributed by atoms with E-state index in [1.54, 1.807) is 17.3 Å². The average Bonchev–Trinajstić information content (AvgIpc) is 3.21. The molecule has 0 saturated carbocycles. The summed E-state index contributed by atoms with van der Waals surface area (Å²) in [4.78, 5) is 6.39.